The molecule has 0 bridgehead atoms. The molecule has 1 aliphatic heterocycles. The molecule has 1 amide bonds. The van der Waals surface area contributed by atoms with Crippen LogP contribution in [0.15, 0.2) is 45.4 Å². The molecule has 1 atom stereocenters. The number of hydrogen-bond donors (Lipinski definition) is 1. The molecule has 0 aliphatic carbocycles. The van der Waals surface area contributed by atoms with Crippen LogP contribution in [0.4, 0.5) is 0 Å². The third kappa shape index (κ3) is 3.76. The van der Waals surface area contributed by atoms with Crippen molar-refractivity contribution >= 4 is 30.5 Å². The van der Waals surface area contributed by atoms with Crippen molar-refractivity contribution in [3.63, 3.8) is 0 Å². The quantitative estimate of drug-likeness (QED) is 0.676. The van der Waals surface area contributed by atoms with Crippen molar-refractivity contribution in [1.82, 2.24) is 4.90 Å². The normalized spacial score (nSPS) is 21.5. The van der Waals surface area contributed by atoms with E-state index in [1.54, 1.807) is 20.2 Å². The van der Waals surface area contributed by atoms with Crippen molar-refractivity contribution < 1.29 is 4.79 Å². The fourth-order valence-corrected chi connectivity index (χ4v) is 2.25. The Balaban J connectivity index is 2.36. The van der Waals surface area contributed by atoms with Gasteiger partial charge in [-0.25, -0.2) is 4.99 Å². The standard InChI is InChI=1S/C18H19N5O/c1-5-13-7-6-8-14(9-13)15(11-20-3)21-12-18(2)10-16(24)23(4)17(19)22-18/h1,6-9,11-12H,3,10H2,2,4H3,(H2,19,22)/b15-11-,21-12?/t18-/m0/s1. The van der Waals surface area contributed by atoms with Crippen molar-refractivity contribution in [2.45, 2.75) is 18.9 Å². The summed E-state index contributed by atoms with van der Waals surface area (Å²) in [5, 5.41) is 0. The molecule has 0 radical (unpaired) electrons. The maximum absolute atomic E-state index is 12.0. The number of guanidine groups is 1. The minimum Gasteiger partial charge on any atom is -0.369 e. The van der Waals surface area contributed by atoms with E-state index >= 15 is 0 Å². The highest BCUT2D eigenvalue weighted by molar-refractivity contribution is 6.02. The van der Waals surface area contributed by atoms with Crippen LogP contribution in [0.25, 0.3) is 5.70 Å². The first kappa shape index (κ1) is 17.2. The largest absolute Gasteiger partial charge is 0.369 e. The Morgan fingerprint density at radius 1 is 1.58 bits per heavy atom. The lowest BCUT2D eigenvalue weighted by molar-refractivity contribution is -0.127. The molecule has 6 nitrogen and oxygen atoms in total. The smallest absolute Gasteiger partial charge is 0.231 e. The van der Waals surface area contributed by atoms with Crippen molar-refractivity contribution in [3.05, 3.63) is 41.6 Å². The number of nitrogens with zero attached hydrogens (tertiary/aromatic N) is 4. The van der Waals surface area contributed by atoms with E-state index in [0.717, 1.165) is 11.1 Å². The van der Waals surface area contributed by atoms with Gasteiger partial charge in [-0.1, -0.05) is 18.1 Å². The summed E-state index contributed by atoms with van der Waals surface area (Å²) in [6, 6.07) is 7.37. The fourth-order valence-electron chi connectivity index (χ4n) is 2.25. The van der Waals surface area contributed by atoms with Crippen LogP contribution in [-0.4, -0.2) is 42.3 Å². The minimum atomic E-state index is -0.808. The van der Waals surface area contributed by atoms with E-state index in [1.165, 1.54) is 11.1 Å². The average Bonchev–Trinajstić information content (AvgIpc) is 2.56. The van der Waals surface area contributed by atoms with Crippen LogP contribution in [0.5, 0.6) is 0 Å². The zero-order valence-corrected chi connectivity index (χ0v) is 13.7. The first-order chi connectivity index (χ1) is 11.4. The predicted molar refractivity (Wildman–Crippen MR) is 97.8 cm³/mol. The summed E-state index contributed by atoms with van der Waals surface area (Å²) in [6.45, 7) is 5.26. The lowest BCUT2D eigenvalue weighted by atomic mass is 9.98. The second-order valence-corrected chi connectivity index (χ2v) is 5.64. The van der Waals surface area contributed by atoms with Gasteiger partial charge in [0, 0.05) is 24.4 Å². The highest BCUT2D eigenvalue weighted by Gasteiger charge is 2.33. The van der Waals surface area contributed by atoms with Crippen molar-refractivity contribution in [3.8, 4) is 12.3 Å². The molecule has 1 heterocycles. The molecule has 0 aromatic heterocycles. The van der Waals surface area contributed by atoms with E-state index < -0.39 is 5.54 Å². The van der Waals surface area contributed by atoms with Gasteiger partial charge in [-0.3, -0.25) is 19.7 Å². The molecule has 2 N–H and O–H groups in total. The van der Waals surface area contributed by atoms with Crippen LogP contribution in [0.3, 0.4) is 0 Å². The number of aliphatic imine (C=N–C) groups is 3. The van der Waals surface area contributed by atoms with Gasteiger partial charge in [0.05, 0.1) is 18.3 Å². The zero-order chi connectivity index (χ0) is 17.7. The summed E-state index contributed by atoms with van der Waals surface area (Å²) in [4.78, 5) is 25.9. The Morgan fingerprint density at radius 3 is 2.96 bits per heavy atom. The summed E-state index contributed by atoms with van der Waals surface area (Å²) in [6.07, 6.45) is 8.75. The summed E-state index contributed by atoms with van der Waals surface area (Å²) in [7, 11) is 1.59. The number of terminal acetylenes is 1. The van der Waals surface area contributed by atoms with Gasteiger partial charge in [-0.15, -0.1) is 6.42 Å². The van der Waals surface area contributed by atoms with Crippen molar-refractivity contribution in [2.24, 2.45) is 20.7 Å². The molecule has 0 unspecified atom stereocenters. The molecule has 2 rings (SSSR count). The molecular weight excluding hydrogens is 302 g/mol. The predicted octanol–water partition coefficient (Wildman–Crippen LogP) is 1.67. The minimum absolute atomic E-state index is 0.113. The van der Waals surface area contributed by atoms with Gasteiger partial charge in [0.2, 0.25) is 5.91 Å². The first-order valence-corrected chi connectivity index (χ1v) is 7.29. The van der Waals surface area contributed by atoms with Gasteiger partial charge >= 0.3 is 0 Å². The molecule has 0 saturated heterocycles. The number of carbonyl (C=O) groups excluding carboxylic acids is 1. The molecule has 0 fully saturated rings. The molecule has 0 spiro atoms. The molecule has 1 aromatic carbocycles. The van der Waals surface area contributed by atoms with E-state index in [1.807, 2.05) is 24.3 Å². The summed E-state index contributed by atoms with van der Waals surface area (Å²) < 4.78 is 0. The van der Waals surface area contributed by atoms with E-state index in [-0.39, 0.29) is 18.3 Å². The third-order valence-electron chi connectivity index (χ3n) is 3.62. The molecule has 0 saturated carbocycles. The maximum atomic E-state index is 12.0. The first-order valence-electron chi connectivity index (χ1n) is 7.29. The van der Waals surface area contributed by atoms with E-state index in [2.05, 4.69) is 27.6 Å². The van der Waals surface area contributed by atoms with Crippen molar-refractivity contribution in [1.29, 1.82) is 0 Å². The molecule has 24 heavy (non-hydrogen) atoms. The SMILES string of the molecule is C#Cc1cccc(/C(=C/N=C)N=C[C@]2(C)CC(=O)N(C)C(N)=N2)c1. The highest BCUT2D eigenvalue weighted by atomic mass is 16.2. The Morgan fingerprint density at radius 2 is 2.33 bits per heavy atom. The Hall–Kier alpha value is -3.20. The highest BCUT2D eigenvalue weighted by Crippen LogP contribution is 2.22. The summed E-state index contributed by atoms with van der Waals surface area (Å²) >= 11 is 0. The second kappa shape index (κ2) is 6.92. The Labute approximate surface area is 141 Å². The number of rotatable bonds is 4. The second-order valence-electron chi connectivity index (χ2n) is 5.64. The Kier molecular flexibility index (Phi) is 4.95. The van der Waals surface area contributed by atoms with Crippen LogP contribution >= 0.6 is 0 Å². The molecule has 122 valence electrons. The maximum Gasteiger partial charge on any atom is 0.231 e. The third-order valence-corrected chi connectivity index (χ3v) is 3.62. The fraction of sp³-hybridized carbons (Fsp3) is 0.222. The van der Waals surface area contributed by atoms with Crippen molar-refractivity contribution in [2.75, 3.05) is 7.05 Å². The summed E-state index contributed by atoms with van der Waals surface area (Å²) in [5.74, 6) is 2.64. The average molecular weight is 321 g/mol. The zero-order valence-electron chi connectivity index (χ0n) is 13.7. The van der Waals surface area contributed by atoms with Crippen LogP contribution in [-0.2, 0) is 4.79 Å². The lowest BCUT2D eigenvalue weighted by Crippen LogP contribution is -2.49. The molecular formula is C18H19N5O. The lowest BCUT2D eigenvalue weighted by Gasteiger charge is -2.30. The van der Waals surface area contributed by atoms with Gasteiger partial charge in [0.1, 0.15) is 5.54 Å². The van der Waals surface area contributed by atoms with E-state index in [4.69, 9.17) is 12.2 Å². The summed E-state index contributed by atoms with van der Waals surface area (Å²) in [5.41, 5.74) is 7.09. The van der Waals surface area contributed by atoms with Gasteiger partial charge in [0.25, 0.3) is 0 Å². The van der Waals surface area contributed by atoms with Crippen LogP contribution in [0.1, 0.15) is 24.5 Å². The van der Waals surface area contributed by atoms with Crippen LogP contribution in [0.2, 0.25) is 0 Å². The van der Waals surface area contributed by atoms with Gasteiger partial charge in [-0.05, 0) is 25.8 Å². The number of amides is 1. The van der Waals surface area contributed by atoms with E-state index in [0.29, 0.717) is 5.70 Å². The molecule has 1 aromatic rings. The van der Waals surface area contributed by atoms with Crippen LogP contribution < -0.4 is 5.73 Å². The van der Waals surface area contributed by atoms with E-state index in [9.17, 15) is 4.79 Å². The molecule has 6 heteroatoms. The Bertz CT molecular complexity index is 800. The van der Waals surface area contributed by atoms with Gasteiger partial charge in [-0.2, -0.15) is 0 Å². The monoisotopic (exact) mass is 321 g/mol. The number of nitrogens with two attached hydrogens (primary N) is 1. The van der Waals surface area contributed by atoms with Gasteiger partial charge < -0.3 is 5.73 Å². The number of hydrogen-bond acceptors (Lipinski definition) is 5. The number of benzene rings is 1. The topological polar surface area (TPSA) is 83.4 Å². The van der Waals surface area contributed by atoms with Crippen LogP contribution in [0, 0.1) is 12.3 Å². The molecule has 1 aliphatic rings. The number of carbonyl (C=O) groups is 1. The van der Waals surface area contributed by atoms with Gasteiger partial charge in [0.15, 0.2) is 5.96 Å².